The molecule has 100 valence electrons. The lowest BCUT2D eigenvalue weighted by Gasteiger charge is -2.28. The van der Waals surface area contributed by atoms with Crippen molar-refractivity contribution in [3.05, 3.63) is 45.5 Å². The molecule has 19 heavy (non-hydrogen) atoms. The van der Waals surface area contributed by atoms with Crippen LogP contribution >= 0.6 is 11.3 Å². The first-order valence-electron chi connectivity index (χ1n) is 6.37. The van der Waals surface area contributed by atoms with Gasteiger partial charge in [-0.25, -0.2) is 9.37 Å². The van der Waals surface area contributed by atoms with E-state index in [1.54, 1.807) is 23.6 Å². The summed E-state index contributed by atoms with van der Waals surface area (Å²) >= 11 is 1.79. The highest BCUT2D eigenvalue weighted by Gasteiger charge is 2.21. The minimum Gasteiger partial charge on any atom is -0.349 e. The molecule has 1 aliphatic heterocycles. The maximum Gasteiger partial charge on any atom is 0.170 e. The lowest BCUT2D eigenvalue weighted by atomic mass is 10.1. The number of rotatable bonds is 3. The molecule has 0 atom stereocenters. The molecule has 3 rings (SSSR count). The van der Waals surface area contributed by atoms with Crippen molar-refractivity contribution >= 4 is 17.2 Å². The Morgan fingerprint density at radius 3 is 3.21 bits per heavy atom. The fourth-order valence-electron chi connectivity index (χ4n) is 2.45. The van der Waals surface area contributed by atoms with Crippen LogP contribution in [0.4, 0.5) is 10.2 Å². The maximum absolute atomic E-state index is 14.4. The monoisotopic (exact) mass is 277 g/mol. The van der Waals surface area contributed by atoms with Gasteiger partial charge in [0.2, 0.25) is 0 Å². The van der Waals surface area contributed by atoms with E-state index in [4.69, 9.17) is 0 Å². The molecule has 0 bridgehead atoms. The molecule has 0 amide bonds. The quantitative estimate of drug-likeness (QED) is 0.934. The van der Waals surface area contributed by atoms with E-state index in [0.29, 0.717) is 17.9 Å². The van der Waals surface area contributed by atoms with Crippen LogP contribution in [0.2, 0.25) is 0 Å². The van der Waals surface area contributed by atoms with E-state index >= 15 is 0 Å². The van der Waals surface area contributed by atoms with Crippen LogP contribution in [0.1, 0.15) is 16.0 Å². The first kappa shape index (κ1) is 12.6. The molecule has 0 aromatic carbocycles. The van der Waals surface area contributed by atoms with Gasteiger partial charge in [0.05, 0.1) is 0 Å². The van der Waals surface area contributed by atoms with E-state index in [1.807, 2.05) is 11.9 Å². The Kier molecular flexibility index (Phi) is 3.48. The van der Waals surface area contributed by atoms with Crippen LogP contribution in [0.3, 0.4) is 0 Å². The Hall–Kier alpha value is -1.46. The summed E-state index contributed by atoms with van der Waals surface area (Å²) in [7, 11) is 1.82. The molecule has 0 fully saturated rings. The zero-order chi connectivity index (χ0) is 13.2. The van der Waals surface area contributed by atoms with Crippen molar-refractivity contribution in [3.63, 3.8) is 0 Å². The average molecular weight is 277 g/mol. The summed E-state index contributed by atoms with van der Waals surface area (Å²) in [4.78, 5) is 7.68. The number of nitrogens with zero attached hydrogens (tertiary/aromatic N) is 2. The minimum atomic E-state index is -0.199. The molecular weight excluding hydrogens is 261 g/mol. The number of aromatic nitrogens is 1. The first-order chi connectivity index (χ1) is 9.29. The second-order valence-electron chi connectivity index (χ2n) is 4.68. The maximum atomic E-state index is 14.4. The smallest absolute Gasteiger partial charge is 0.170 e. The molecule has 0 spiro atoms. The highest BCUT2D eigenvalue weighted by Crippen LogP contribution is 2.28. The van der Waals surface area contributed by atoms with Crippen molar-refractivity contribution in [2.45, 2.75) is 19.5 Å². The third-order valence-electron chi connectivity index (χ3n) is 3.43. The van der Waals surface area contributed by atoms with E-state index in [0.717, 1.165) is 19.5 Å². The van der Waals surface area contributed by atoms with Crippen LogP contribution < -0.4 is 10.2 Å². The summed E-state index contributed by atoms with van der Waals surface area (Å²) in [6, 6.07) is 3.86. The van der Waals surface area contributed by atoms with Gasteiger partial charge in [-0.3, -0.25) is 0 Å². The van der Waals surface area contributed by atoms with Crippen molar-refractivity contribution in [1.82, 2.24) is 10.3 Å². The fraction of sp³-hybridized carbons (Fsp3) is 0.357. The van der Waals surface area contributed by atoms with Gasteiger partial charge in [-0.1, -0.05) is 0 Å². The largest absolute Gasteiger partial charge is 0.349 e. The highest BCUT2D eigenvalue weighted by molar-refractivity contribution is 7.10. The lowest BCUT2D eigenvalue weighted by Crippen LogP contribution is -2.31. The summed E-state index contributed by atoms with van der Waals surface area (Å²) in [5.41, 5.74) is 1.97. The second kappa shape index (κ2) is 5.27. The van der Waals surface area contributed by atoms with Crippen LogP contribution in [0.15, 0.2) is 23.7 Å². The molecule has 3 nitrogen and oxygen atoms in total. The predicted octanol–water partition coefficient (Wildman–Crippen LogP) is 2.56. The third kappa shape index (κ3) is 2.35. The van der Waals surface area contributed by atoms with Gasteiger partial charge in [0.25, 0.3) is 0 Å². The molecule has 0 unspecified atom stereocenters. The Morgan fingerprint density at radius 2 is 2.37 bits per heavy atom. The van der Waals surface area contributed by atoms with E-state index in [1.165, 1.54) is 10.4 Å². The number of fused-ring (bicyclic) bond motifs is 1. The van der Waals surface area contributed by atoms with Gasteiger partial charge in [0, 0.05) is 36.3 Å². The molecule has 0 saturated heterocycles. The summed E-state index contributed by atoms with van der Waals surface area (Å²) < 4.78 is 14.4. The fourth-order valence-corrected chi connectivity index (χ4v) is 3.34. The normalized spacial score (nSPS) is 14.5. The first-order valence-corrected chi connectivity index (χ1v) is 7.25. The van der Waals surface area contributed by atoms with Gasteiger partial charge in [0.1, 0.15) is 0 Å². The zero-order valence-electron chi connectivity index (χ0n) is 10.8. The summed E-state index contributed by atoms with van der Waals surface area (Å²) in [6.07, 6.45) is 2.67. The van der Waals surface area contributed by atoms with Crippen LogP contribution in [0.25, 0.3) is 0 Å². The molecule has 2 aromatic rings. The van der Waals surface area contributed by atoms with Gasteiger partial charge in [0.15, 0.2) is 11.6 Å². The summed E-state index contributed by atoms with van der Waals surface area (Å²) in [6.45, 7) is 2.12. The Morgan fingerprint density at radius 1 is 1.47 bits per heavy atom. The Labute approximate surface area is 116 Å². The van der Waals surface area contributed by atoms with Crippen LogP contribution in [-0.2, 0) is 19.5 Å². The van der Waals surface area contributed by atoms with Crippen molar-refractivity contribution in [3.8, 4) is 0 Å². The molecule has 0 saturated carbocycles. The van der Waals surface area contributed by atoms with Gasteiger partial charge >= 0.3 is 0 Å². The number of anilines is 1. The second-order valence-corrected chi connectivity index (χ2v) is 5.68. The SMILES string of the molecule is CNCc1ccnc(N2CCc3sccc3C2)c1F. The predicted molar refractivity (Wildman–Crippen MR) is 76.0 cm³/mol. The Balaban J connectivity index is 1.89. The van der Waals surface area contributed by atoms with Gasteiger partial charge in [-0.2, -0.15) is 0 Å². The molecule has 1 aliphatic rings. The van der Waals surface area contributed by atoms with Gasteiger partial charge in [-0.15, -0.1) is 11.3 Å². The number of halogens is 1. The molecular formula is C14H16FN3S. The van der Waals surface area contributed by atoms with Crippen molar-refractivity contribution < 1.29 is 4.39 Å². The number of hydrogen-bond acceptors (Lipinski definition) is 4. The number of pyridine rings is 1. The molecule has 2 aromatic heterocycles. The summed E-state index contributed by atoms with van der Waals surface area (Å²) in [5, 5.41) is 5.09. The molecule has 3 heterocycles. The van der Waals surface area contributed by atoms with Crippen LogP contribution in [0, 0.1) is 5.82 Å². The number of thiophene rings is 1. The molecule has 5 heteroatoms. The number of hydrogen-bond donors (Lipinski definition) is 1. The standard InChI is InChI=1S/C14H16FN3S/c1-16-8-10-2-5-17-14(13(10)15)18-6-3-12-11(9-18)4-7-19-12/h2,4-5,7,16H,3,6,8-9H2,1H3. The van der Waals surface area contributed by atoms with Crippen molar-refractivity contribution in [1.29, 1.82) is 0 Å². The lowest BCUT2D eigenvalue weighted by molar-refractivity contribution is 0.580. The van der Waals surface area contributed by atoms with E-state index in [2.05, 4.69) is 21.7 Å². The molecule has 0 aliphatic carbocycles. The van der Waals surface area contributed by atoms with Crippen LogP contribution in [-0.4, -0.2) is 18.6 Å². The van der Waals surface area contributed by atoms with E-state index < -0.39 is 0 Å². The minimum absolute atomic E-state index is 0.199. The summed E-state index contributed by atoms with van der Waals surface area (Å²) in [5.74, 6) is 0.278. The topological polar surface area (TPSA) is 28.2 Å². The van der Waals surface area contributed by atoms with Gasteiger partial charge < -0.3 is 10.2 Å². The molecule has 1 N–H and O–H groups in total. The molecule has 0 radical (unpaired) electrons. The number of nitrogens with one attached hydrogen (secondary N) is 1. The zero-order valence-corrected chi connectivity index (χ0v) is 11.6. The van der Waals surface area contributed by atoms with E-state index in [-0.39, 0.29) is 5.82 Å². The van der Waals surface area contributed by atoms with Crippen molar-refractivity contribution in [2.24, 2.45) is 0 Å². The van der Waals surface area contributed by atoms with E-state index in [9.17, 15) is 4.39 Å². The van der Waals surface area contributed by atoms with Crippen molar-refractivity contribution in [2.75, 3.05) is 18.5 Å². The Bertz CT molecular complexity index is 582. The third-order valence-corrected chi connectivity index (χ3v) is 4.45. The van der Waals surface area contributed by atoms with Crippen LogP contribution in [0.5, 0.6) is 0 Å². The van der Waals surface area contributed by atoms with Gasteiger partial charge in [-0.05, 0) is 36.5 Å². The average Bonchev–Trinajstić information content (AvgIpc) is 2.88. The highest BCUT2D eigenvalue weighted by atomic mass is 32.1.